The van der Waals surface area contributed by atoms with Gasteiger partial charge in [-0.2, -0.15) is 0 Å². The van der Waals surface area contributed by atoms with Crippen molar-refractivity contribution in [3.05, 3.63) is 0 Å². The molecule has 3 heteroatoms. The van der Waals surface area contributed by atoms with Gasteiger partial charge in [0.25, 0.3) is 0 Å². The highest BCUT2D eigenvalue weighted by Crippen LogP contribution is 2.26. The van der Waals surface area contributed by atoms with E-state index in [0.717, 1.165) is 25.9 Å². The van der Waals surface area contributed by atoms with Gasteiger partial charge in [-0.3, -0.25) is 9.69 Å². The van der Waals surface area contributed by atoms with Crippen LogP contribution in [-0.4, -0.2) is 43.4 Å². The molecule has 0 radical (unpaired) electrons. The van der Waals surface area contributed by atoms with Crippen molar-refractivity contribution in [2.75, 3.05) is 26.7 Å². The highest BCUT2D eigenvalue weighted by Gasteiger charge is 2.26. The molecule has 1 aliphatic heterocycles. The lowest BCUT2D eigenvalue weighted by Crippen LogP contribution is -2.43. The Kier molecular flexibility index (Phi) is 4.36. The van der Waals surface area contributed by atoms with E-state index in [1.807, 2.05) is 0 Å². The van der Waals surface area contributed by atoms with E-state index in [2.05, 4.69) is 17.3 Å². The normalized spacial score (nSPS) is 24.1. The molecule has 0 bridgehead atoms. The molecule has 1 N–H and O–H groups in total. The van der Waals surface area contributed by atoms with Crippen LogP contribution in [0.15, 0.2) is 0 Å². The second kappa shape index (κ2) is 5.78. The molecule has 0 aromatic rings. The van der Waals surface area contributed by atoms with Crippen molar-refractivity contribution < 1.29 is 4.79 Å². The minimum absolute atomic E-state index is 0.379. The number of ketones is 1. The SMILES string of the molecule is CN(CC(=O)C1CCCC1)C1CCNCC1. The number of hydrogen-bond acceptors (Lipinski definition) is 3. The van der Waals surface area contributed by atoms with E-state index >= 15 is 0 Å². The molecule has 1 saturated carbocycles. The number of hydrogen-bond donors (Lipinski definition) is 1. The topological polar surface area (TPSA) is 32.3 Å². The second-order valence-corrected chi connectivity index (χ2v) is 5.34. The molecule has 2 aliphatic rings. The molecule has 1 heterocycles. The number of piperidine rings is 1. The van der Waals surface area contributed by atoms with Gasteiger partial charge in [-0.1, -0.05) is 12.8 Å². The first-order chi connectivity index (χ1) is 7.77. The zero-order chi connectivity index (χ0) is 11.4. The summed E-state index contributed by atoms with van der Waals surface area (Å²) in [7, 11) is 2.11. The molecule has 1 saturated heterocycles. The monoisotopic (exact) mass is 224 g/mol. The lowest BCUT2D eigenvalue weighted by atomic mass is 10.00. The molecule has 16 heavy (non-hydrogen) atoms. The van der Waals surface area contributed by atoms with E-state index in [-0.39, 0.29) is 0 Å². The van der Waals surface area contributed by atoms with Crippen LogP contribution in [0.3, 0.4) is 0 Å². The van der Waals surface area contributed by atoms with Gasteiger partial charge < -0.3 is 5.32 Å². The predicted molar refractivity (Wildman–Crippen MR) is 65.5 cm³/mol. The molecular weight excluding hydrogens is 200 g/mol. The molecule has 92 valence electrons. The van der Waals surface area contributed by atoms with Crippen LogP contribution in [0.5, 0.6) is 0 Å². The number of likely N-dealkylation sites (N-methyl/N-ethyl adjacent to an activating group) is 1. The Labute approximate surface area is 98.6 Å². The maximum absolute atomic E-state index is 12.0. The Balaban J connectivity index is 1.76. The van der Waals surface area contributed by atoms with Gasteiger partial charge in [0, 0.05) is 12.0 Å². The van der Waals surface area contributed by atoms with Crippen molar-refractivity contribution >= 4 is 5.78 Å². The number of nitrogens with one attached hydrogen (secondary N) is 1. The number of nitrogens with zero attached hydrogens (tertiary/aromatic N) is 1. The summed E-state index contributed by atoms with van der Waals surface area (Å²) in [4.78, 5) is 14.3. The van der Waals surface area contributed by atoms with Crippen molar-refractivity contribution in [3.63, 3.8) is 0 Å². The van der Waals surface area contributed by atoms with Gasteiger partial charge in [0.1, 0.15) is 5.78 Å². The van der Waals surface area contributed by atoms with E-state index in [9.17, 15) is 4.79 Å². The van der Waals surface area contributed by atoms with Gasteiger partial charge in [-0.15, -0.1) is 0 Å². The highest BCUT2D eigenvalue weighted by molar-refractivity contribution is 5.83. The average Bonchev–Trinajstić information content (AvgIpc) is 2.83. The van der Waals surface area contributed by atoms with E-state index in [0.29, 0.717) is 24.3 Å². The number of Topliss-reactive ketones (excluding diaryl/α,β-unsaturated/α-hetero) is 1. The summed E-state index contributed by atoms with van der Waals surface area (Å²) in [5.41, 5.74) is 0. The Morgan fingerprint density at radius 3 is 2.44 bits per heavy atom. The van der Waals surface area contributed by atoms with Gasteiger partial charge >= 0.3 is 0 Å². The summed E-state index contributed by atoms with van der Waals surface area (Å²) >= 11 is 0. The van der Waals surface area contributed by atoms with Crippen LogP contribution >= 0.6 is 0 Å². The molecule has 2 fully saturated rings. The van der Waals surface area contributed by atoms with E-state index < -0.39 is 0 Å². The minimum atomic E-state index is 0.379. The van der Waals surface area contributed by atoms with Gasteiger partial charge in [0.15, 0.2) is 0 Å². The lowest BCUT2D eigenvalue weighted by molar-refractivity contribution is -0.124. The fourth-order valence-electron chi connectivity index (χ4n) is 3.00. The smallest absolute Gasteiger partial charge is 0.149 e. The lowest BCUT2D eigenvalue weighted by Gasteiger charge is -2.31. The van der Waals surface area contributed by atoms with Gasteiger partial charge in [0.05, 0.1) is 6.54 Å². The van der Waals surface area contributed by atoms with Crippen LogP contribution in [0.4, 0.5) is 0 Å². The summed E-state index contributed by atoms with van der Waals surface area (Å²) < 4.78 is 0. The Hall–Kier alpha value is -0.410. The molecule has 0 spiro atoms. The third kappa shape index (κ3) is 3.05. The fraction of sp³-hybridized carbons (Fsp3) is 0.923. The molecule has 0 amide bonds. The van der Waals surface area contributed by atoms with Crippen LogP contribution in [0.1, 0.15) is 38.5 Å². The third-order valence-electron chi connectivity index (χ3n) is 4.15. The largest absolute Gasteiger partial charge is 0.317 e. The van der Waals surface area contributed by atoms with Crippen LogP contribution < -0.4 is 5.32 Å². The van der Waals surface area contributed by atoms with Crippen molar-refractivity contribution in [2.24, 2.45) is 5.92 Å². The fourth-order valence-corrected chi connectivity index (χ4v) is 3.00. The summed E-state index contributed by atoms with van der Waals surface area (Å²) in [6.07, 6.45) is 7.17. The van der Waals surface area contributed by atoms with E-state index in [4.69, 9.17) is 0 Å². The molecule has 0 atom stereocenters. The number of carbonyl (C=O) groups is 1. The van der Waals surface area contributed by atoms with Crippen LogP contribution in [0.2, 0.25) is 0 Å². The van der Waals surface area contributed by atoms with Crippen molar-refractivity contribution in [3.8, 4) is 0 Å². The maximum atomic E-state index is 12.0. The van der Waals surface area contributed by atoms with Gasteiger partial charge in [-0.05, 0) is 45.8 Å². The first-order valence-electron chi connectivity index (χ1n) is 6.71. The Morgan fingerprint density at radius 1 is 1.19 bits per heavy atom. The number of rotatable bonds is 4. The molecule has 0 aromatic heterocycles. The van der Waals surface area contributed by atoms with Gasteiger partial charge in [-0.25, -0.2) is 0 Å². The maximum Gasteiger partial charge on any atom is 0.149 e. The minimum Gasteiger partial charge on any atom is -0.317 e. The predicted octanol–water partition coefficient (Wildman–Crippen LogP) is 1.43. The van der Waals surface area contributed by atoms with Crippen LogP contribution in [0.25, 0.3) is 0 Å². The molecule has 1 aliphatic carbocycles. The zero-order valence-corrected chi connectivity index (χ0v) is 10.4. The molecule has 2 rings (SSSR count). The summed E-state index contributed by atoms with van der Waals surface area (Å²) in [5.74, 6) is 0.864. The Morgan fingerprint density at radius 2 is 1.81 bits per heavy atom. The quantitative estimate of drug-likeness (QED) is 0.784. The Bertz CT molecular complexity index is 230. The van der Waals surface area contributed by atoms with Crippen LogP contribution in [0, 0.1) is 5.92 Å². The molecule has 0 unspecified atom stereocenters. The van der Waals surface area contributed by atoms with Crippen molar-refractivity contribution in [1.82, 2.24) is 10.2 Å². The van der Waals surface area contributed by atoms with E-state index in [1.54, 1.807) is 0 Å². The highest BCUT2D eigenvalue weighted by atomic mass is 16.1. The summed E-state index contributed by atoms with van der Waals surface area (Å²) in [5, 5.41) is 3.37. The summed E-state index contributed by atoms with van der Waals surface area (Å²) in [6.45, 7) is 2.88. The first kappa shape index (κ1) is 12.1. The third-order valence-corrected chi connectivity index (χ3v) is 4.15. The van der Waals surface area contributed by atoms with Crippen molar-refractivity contribution in [1.29, 1.82) is 0 Å². The molecule has 0 aromatic carbocycles. The average molecular weight is 224 g/mol. The first-order valence-corrected chi connectivity index (χ1v) is 6.71. The molecular formula is C13H24N2O. The summed E-state index contributed by atoms with van der Waals surface area (Å²) in [6, 6.07) is 0.617. The molecule has 3 nitrogen and oxygen atoms in total. The van der Waals surface area contributed by atoms with E-state index in [1.165, 1.54) is 25.7 Å². The van der Waals surface area contributed by atoms with Gasteiger partial charge in [0.2, 0.25) is 0 Å². The second-order valence-electron chi connectivity index (χ2n) is 5.34. The standard InChI is InChI=1S/C13H24N2O/c1-15(12-6-8-14-9-7-12)10-13(16)11-4-2-3-5-11/h11-12,14H,2-10H2,1H3. The number of carbonyl (C=O) groups excluding carboxylic acids is 1. The zero-order valence-electron chi connectivity index (χ0n) is 10.4. The van der Waals surface area contributed by atoms with Crippen LogP contribution in [-0.2, 0) is 4.79 Å². The van der Waals surface area contributed by atoms with Crippen molar-refractivity contribution in [2.45, 2.75) is 44.6 Å².